The number of para-hydroxylation sites is 1. The second-order valence-corrected chi connectivity index (χ2v) is 10.3. The zero-order chi connectivity index (χ0) is 25.3. The lowest BCUT2D eigenvalue weighted by atomic mass is 10.1. The molecule has 1 unspecified atom stereocenters. The summed E-state index contributed by atoms with van der Waals surface area (Å²) in [5.41, 5.74) is -1.44. The fourth-order valence-electron chi connectivity index (χ4n) is 3.65. The lowest BCUT2D eigenvalue weighted by Crippen LogP contribution is -2.37. The maximum absolute atomic E-state index is 12.7. The Morgan fingerprint density at radius 3 is 2.29 bits per heavy atom. The quantitative estimate of drug-likeness (QED) is 0.702. The fourth-order valence-corrected chi connectivity index (χ4v) is 3.65. The highest BCUT2D eigenvalue weighted by atomic mass is 16.6. The van der Waals surface area contributed by atoms with E-state index in [1.54, 1.807) is 70.7 Å². The molecule has 0 saturated carbocycles. The highest BCUT2D eigenvalue weighted by Gasteiger charge is 2.31. The van der Waals surface area contributed by atoms with Crippen LogP contribution in [0.15, 0.2) is 40.1 Å². The number of likely N-dealkylation sites (tertiary alicyclic amines) is 1. The van der Waals surface area contributed by atoms with Gasteiger partial charge >= 0.3 is 17.9 Å². The van der Waals surface area contributed by atoms with Gasteiger partial charge in [-0.15, -0.1) is 0 Å². The molecular weight excluding hydrogens is 440 g/mol. The van der Waals surface area contributed by atoms with Gasteiger partial charge in [0, 0.05) is 24.8 Å². The number of rotatable bonds is 3. The molecule has 1 saturated heterocycles. The van der Waals surface area contributed by atoms with Crippen molar-refractivity contribution in [1.82, 2.24) is 14.5 Å². The van der Waals surface area contributed by atoms with E-state index >= 15 is 0 Å². The predicted molar refractivity (Wildman–Crippen MR) is 128 cm³/mol. The standard InChI is InChI=1S/C24H32N4O6/c1-23(2,3)33-21(31)25-18-10-8-7-9-16(18)17-14-28(20(30)26-19(17)29)15-11-12-27(13-15)22(32)34-24(4,5)6/h7-10,14-15H,11-13H2,1-6H3,(H,25,31)(H,26,29,30). The first-order valence-corrected chi connectivity index (χ1v) is 11.2. The smallest absolute Gasteiger partial charge is 0.412 e. The van der Waals surface area contributed by atoms with Gasteiger partial charge in [0.2, 0.25) is 0 Å². The van der Waals surface area contributed by atoms with Crippen molar-refractivity contribution >= 4 is 17.9 Å². The van der Waals surface area contributed by atoms with Gasteiger partial charge in [0.1, 0.15) is 11.2 Å². The van der Waals surface area contributed by atoms with Gasteiger partial charge in [0.05, 0.1) is 17.3 Å². The molecular formula is C24H32N4O6. The van der Waals surface area contributed by atoms with E-state index < -0.39 is 34.6 Å². The van der Waals surface area contributed by atoms with Crippen LogP contribution >= 0.6 is 0 Å². The van der Waals surface area contributed by atoms with Crippen molar-refractivity contribution in [3.8, 4) is 11.1 Å². The lowest BCUT2D eigenvalue weighted by Gasteiger charge is -2.24. The van der Waals surface area contributed by atoms with Crippen LogP contribution in [0.2, 0.25) is 0 Å². The molecule has 0 bridgehead atoms. The van der Waals surface area contributed by atoms with Crippen LogP contribution in [0.3, 0.4) is 0 Å². The van der Waals surface area contributed by atoms with Gasteiger partial charge in [-0.25, -0.2) is 14.4 Å². The number of aromatic nitrogens is 2. The fraction of sp³-hybridized carbons (Fsp3) is 0.500. The second kappa shape index (κ2) is 9.36. The number of hydrogen-bond acceptors (Lipinski definition) is 6. The topological polar surface area (TPSA) is 123 Å². The molecule has 1 aliphatic heterocycles. The highest BCUT2D eigenvalue weighted by molar-refractivity contribution is 5.91. The summed E-state index contributed by atoms with van der Waals surface area (Å²) in [7, 11) is 0. The number of ether oxygens (including phenoxy) is 2. The Balaban J connectivity index is 1.90. The maximum atomic E-state index is 12.7. The zero-order valence-corrected chi connectivity index (χ0v) is 20.4. The van der Waals surface area contributed by atoms with Crippen LogP contribution in [0.5, 0.6) is 0 Å². The highest BCUT2D eigenvalue weighted by Crippen LogP contribution is 2.28. The first-order chi connectivity index (χ1) is 15.7. The molecule has 184 valence electrons. The Labute approximate surface area is 197 Å². The second-order valence-electron chi connectivity index (χ2n) is 10.3. The van der Waals surface area contributed by atoms with Gasteiger partial charge < -0.3 is 14.4 Å². The minimum absolute atomic E-state index is 0.210. The Kier molecular flexibility index (Phi) is 6.90. The lowest BCUT2D eigenvalue weighted by molar-refractivity contribution is 0.0288. The molecule has 1 aromatic carbocycles. The number of carbonyl (C=O) groups is 2. The summed E-state index contributed by atoms with van der Waals surface area (Å²) in [5.74, 6) is 0. The molecule has 0 radical (unpaired) electrons. The van der Waals surface area contributed by atoms with Crippen molar-refractivity contribution in [1.29, 1.82) is 0 Å². The van der Waals surface area contributed by atoms with Crippen LogP contribution in [-0.4, -0.2) is 50.9 Å². The van der Waals surface area contributed by atoms with Gasteiger partial charge in [0.15, 0.2) is 0 Å². The summed E-state index contributed by atoms with van der Waals surface area (Å²) < 4.78 is 12.2. The molecule has 34 heavy (non-hydrogen) atoms. The van der Waals surface area contributed by atoms with Gasteiger partial charge in [-0.05, 0) is 54.0 Å². The van der Waals surface area contributed by atoms with Gasteiger partial charge in [-0.3, -0.25) is 19.7 Å². The number of nitrogens with zero attached hydrogens (tertiary/aromatic N) is 2. The molecule has 1 aliphatic rings. The van der Waals surface area contributed by atoms with Gasteiger partial charge in [0.25, 0.3) is 5.56 Å². The summed E-state index contributed by atoms with van der Waals surface area (Å²) in [6.07, 6.45) is 0.899. The van der Waals surface area contributed by atoms with Gasteiger partial charge in [-0.2, -0.15) is 0 Å². The largest absolute Gasteiger partial charge is 0.444 e. The average Bonchev–Trinajstić information content (AvgIpc) is 3.16. The number of nitrogens with one attached hydrogen (secondary N) is 2. The van der Waals surface area contributed by atoms with Crippen LogP contribution in [0.25, 0.3) is 11.1 Å². The molecule has 2 aromatic rings. The van der Waals surface area contributed by atoms with E-state index in [4.69, 9.17) is 9.47 Å². The van der Waals surface area contributed by atoms with Crippen molar-refractivity contribution in [3.05, 3.63) is 51.3 Å². The van der Waals surface area contributed by atoms with Gasteiger partial charge in [-0.1, -0.05) is 18.2 Å². The summed E-state index contributed by atoms with van der Waals surface area (Å²) in [4.78, 5) is 53.9. The van der Waals surface area contributed by atoms with Crippen LogP contribution in [0.4, 0.5) is 15.3 Å². The van der Waals surface area contributed by atoms with Crippen LogP contribution in [0.1, 0.15) is 54.0 Å². The summed E-state index contributed by atoms with van der Waals surface area (Å²) >= 11 is 0. The Hall–Kier alpha value is -3.56. The van der Waals surface area contributed by atoms with E-state index in [2.05, 4.69) is 10.3 Å². The summed E-state index contributed by atoms with van der Waals surface area (Å²) in [6.45, 7) is 11.3. The zero-order valence-electron chi connectivity index (χ0n) is 20.4. The predicted octanol–water partition coefficient (Wildman–Crippen LogP) is 3.73. The number of hydrogen-bond donors (Lipinski definition) is 2. The number of amides is 2. The monoisotopic (exact) mass is 472 g/mol. The molecule has 0 spiro atoms. The molecule has 0 aliphatic carbocycles. The molecule has 1 fully saturated rings. The number of anilines is 1. The first kappa shape index (κ1) is 25.1. The molecule has 1 atom stereocenters. The summed E-state index contributed by atoms with van der Waals surface area (Å²) in [5, 5.41) is 2.67. The third kappa shape index (κ3) is 6.27. The average molecular weight is 473 g/mol. The van der Waals surface area contributed by atoms with Crippen molar-refractivity contribution < 1.29 is 19.1 Å². The minimum atomic E-state index is -0.688. The Bertz CT molecular complexity index is 1190. The van der Waals surface area contributed by atoms with Crippen molar-refractivity contribution in [3.63, 3.8) is 0 Å². The normalized spacial score (nSPS) is 16.3. The third-order valence-corrected chi connectivity index (χ3v) is 5.03. The molecule has 1 aromatic heterocycles. The van der Waals surface area contributed by atoms with Crippen molar-refractivity contribution in [2.75, 3.05) is 18.4 Å². The van der Waals surface area contributed by atoms with Crippen LogP contribution < -0.4 is 16.6 Å². The van der Waals surface area contributed by atoms with Crippen LogP contribution in [-0.2, 0) is 9.47 Å². The molecule has 2 heterocycles. The van der Waals surface area contributed by atoms with E-state index in [-0.39, 0.29) is 18.2 Å². The van der Waals surface area contributed by atoms with E-state index in [1.807, 2.05) is 0 Å². The number of H-pyrrole nitrogens is 1. The molecule has 3 rings (SSSR count). The number of aromatic amines is 1. The van der Waals surface area contributed by atoms with Crippen molar-refractivity contribution in [2.24, 2.45) is 0 Å². The van der Waals surface area contributed by atoms with E-state index in [0.29, 0.717) is 24.2 Å². The Morgan fingerprint density at radius 1 is 1.00 bits per heavy atom. The maximum Gasteiger partial charge on any atom is 0.412 e. The Morgan fingerprint density at radius 2 is 1.65 bits per heavy atom. The minimum Gasteiger partial charge on any atom is -0.444 e. The molecule has 2 amide bonds. The van der Waals surface area contributed by atoms with Crippen molar-refractivity contribution in [2.45, 2.75) is 65.2 Å². The molecule has 2 N–H and O–H groups in total. The number of benzene rings is 1. The summed E-state index contributed by atoms with van der Waals surface area (Å²) in [6, 6.07) is 6.43. The van der Waals surface area contributed by atoms with E-state index in [0.717, 1.165) is 0 Å². The third-order valence-electron chi connectivity index (χ3n) is 5.03. The first-order valence-electron chi connectivity index (χ1n) is 11.2. The number of carbonyl (C=O) groups excluding carboxylic acids is 2. The van der Waals surface area contributed by atoms with Crippen LogP contribution in [0, 0.1) is 0 Å². The van der Waals surface area contributed by atoms with E-state index in [9.17, 15) is 19.2 Å². The SMILES string of the molecule is CC(C)(C)OC(=O)Nc1ccccc1-c1cn(C2CCN(C(=O)OC(C)(C)C)C2)c(=O)[nH]c1=O. The molecule has 10 heteroatoms. The molecule has 10 nitrogen and oxygen atoms in total. The van der Waals surface area contributed by atoms with E-state index in [1.165, 1.54) is 10.8 Å².